The molecule has 102 valence electrons. The second-order valence-electron chi connectivity index (χ2n) is 3.80. The van der Waals surface area contributed by atoms with Gasteiger partial charge in [0.25, 0.3) is 0 Å². The van der Waals surface area contributed by atoms with Crippen LogP contribution in [0.25, 0.3) is 0 Å². The number of halogens is 2. The van der Waals surface area contributed by atoms with E-state index in [1.807, 2.05) is 17.5 Å². The van der Waals surface area contributed by atoms with E-state index in [9.17, 15) is 8.42 Å². The minimum absolute atomic E-state index is 0.00727. The second kappa shape index (κ2) is 6.24. The van der Waals surface area contributed by atoms with Gasteiger partial charge >= 0.3 is 0 Å². The normalized spacial score (nSPS) is 11.7. The zero-order valence-electron chi connectivity index (χ0n) is 9.77. The molecule has 0 amide bonds. The number of nitrogens with one attached hydrogen (secondary N) is 1. The molecule has 0 bridgehead atoms. The second-order valence-corrected chi connectivity index (χ2v) is 7.41. The van der Waals surface area contributed by atoms with Crippen LogP contribution >= 0.6 is 34.5 Å². The Morgan fingerprint density at radius 2 is 2.00 bits per heavy atom. The van der Waals surface area contributed by atoms with E-state index in [-0.39, 0.29) is 9.92 Å². The highest BCUT2D eigenvalue weighted by atomic mass is 35.5. The molecular weight excluding hydrogens is 325 g/mol. The van der Waals surface area contributed by atoms with E-state index in [0.717, 1.165) is 4.88 Å². The standard InChI is InChI=1S/C12H11Cl2NO2S2/c13-9-3-4-11(14)12(8-9)19(16,17)15-6-5-10-2-1-7-18-10/h1-4,7-8,15H,5-6H2. The molecule has 1 aromatic carbocycles. The van der Waals surface area contributed by atoms with Crippen molar-refractivity contribution < 1.29 is 8.42 Å². The van der Waals surface area contributed by atoms with Crippen molar-refractivity contribution >= 4 is 44.6 Å². The monoisotopic (exact) mass is 335 g/mol. The third kappa shape index (κ3) is 3.94. The van der Waals surface area contributed by atoms with Crippen molar-refractivity contribution in [2.24, 2.45) is 0 Å². The Balaban J connectivity index is 2.07. The molecule has 3 nitrogen and oxygen atoms in total. The predicted molar refractivity (Wildman–Crippen MR) is 79.7 cm³/mol. The summed E-state index contributed by atoms with van der Waals surface area (Å²) in [4.78, 5) is 1.13. The summed E-state index contributed by atoms with van der Waals surface area (Å²) >= 11 is 13.3. The van der Waals surface area contributed by atoms with Crippen LogP contribution in [0.4, 0.5) is 0 Å². The molecule has 1 aromatic heterocycles. The van der Waals surface area contributed by atoms with Crippen molar-refractivity contribution in [2.45, 2.75) is 11.3 Å². The first-order valence-electron chi connectivity index (χ1n) is 5.46. The highest BCUT2D eigenvalue weighted by Crippen LogP contribution is 2.24. The molecule has 7 heteroatoms. The summed E-state index contributed by atoms with van der Waals surface area (Å²) in [5.74, 6) is 0. The van der Waals surface area contributed by atoms with Crippen molar-refractivity contribution in [2.75, 3.05) is 6.54 Å². The van der Waals surface area contributed by atoms with Gasteiger partial charge in [0.2, 0.25) is 10.0 Å². The maximum atomic E-state index is 12.1. The molecule has 0 aliphatic carbocycles. The van der Waals surface area contributed by atoms with Gasteiger partial charge in [-0.05, 0) is 36.1 Å². The fourth-order valence-electron chi connectivity index (χ4n) is 1.52. The zero-order valence-corrected chi connectivity index (χ0v) is 12.9. The molecule has 1 N–H and O–H groups in total. The van der Waals surface area contributed by atoms with Gasteiger partial charge in [0.15, 0.2) is 0 Å². The van der Waals surface area contributed by atoms with Crippen molar-refractivity contribution in [3.05, 3.63) is 50.6 Å². The van der Waals surface area contributed by atoms with Gasteiger partial charge in [-0.3, -0.25) is 0 Å². The van der Waals surface area contributed by atoms with Crippen molar-refractivity contribution in [3.63, 3.8) is 0 Å². The Morgan fingerprint density at radius 1 is 1.21 bits per heavy atom. The number of rotatable bonds is 5. The van der Waals surface area contributed by atoms with E-state index in [1.165, 1.54) is 12.1 Å². The molecule has 0 fully saturated rings. The largest absolute Gasteiger partial charge is 0.242 e. The maximum absolute atomic E-state index is 12.1. The summed E-state index contributed by atoms with van der Waals surface area (Å²) in [6.07, 6.45) is 0.648. The molecule has 0 aliphatic heterocycles. The Morgan fingerprint density at radius 3 is 2.68 bits per heavy atom. The summed E-state index contributed by atoms with van der Waals surface area (Å²) < 4.78 is 26.7. The SMILES string of the molecule is O=S(=O)(NCCc1cccs1)c1cc(Cl)ccc1Cl. The summed E-state index contributed by atoms with van der Waals surface area (Å²) in [5.41, 5.74) is 0. The first-order valence-corrected chi connectivity index (χ1v) is 8.58. The highest BCUT2D eigenvalue weighted by Gasteiger charge is 2.17. The van der Waals surface area contributed by atoms with Crippen LogP contribution in [-0.2, 0) is 16.4 Å². The Kier molecular flexibility index (Phi) is 4.86. The van der Waals surface area contributed by atoms with E-state index in [2.05, 4.69) is 4.72 Å². The fourth-order valence-corrected chi connectivity index (χ4v) is 4.03. The topological polar surface area (TPSA) is 46.2 Å². The molecule has 0 saturated heterocycles. The lowest BCUT2D eigenvalue weighted by molar-refractivity contribution is 0.582. The smallest absolute Gasteiger partial charge is 0.211 e. The lowest BCUT2D eigenvalue weighted by Gasteiger charge is -2.08. The molecule has 0 saturated carbocycles. The average Bonchev–Trinajstić information content (AvgIpc) is 2.85. The molecule has 0 atom stereocenters. The summed E-state index contributed by atoms with van der Waals surface area (Å²) in [5, 5.41) is 2.45. The van der Waals surface area contributed by atoms with Crippen LogP contribution in [-0.4, -0.2) is 15.0 Å². The minimum atomic E-state index is -3.63. The van der Waals surface area contributed by atoms with Gasteiger partial charge in [-0.1, -0.05) is 29.3 Å². The van der Waals surface area contributed by atoms with Crippen LogP contribution < -0.4 is 4.72 Å². The van der Waals surface area contributed by atoms with E-state index in [4.69, 9.17) is 23.2 Å². The molecule has 0 unspecified atom stereocenters. The number of sulfonamides is 1. The lowest BCUT2D eigenvalue weighted by Crippen LogP contribution is -2.26. The molecule has 0 radical (unpaired) electrons. The molecule has 1 heterocycles. The Bertz CT molecular complexity index is 654. The summed E-state index contributed by atoms with van der Waals surface area (Å²) in [6.45, 7) is 0.325. The first-order chi connectivity index (χ1) is 8.99. The van der Waals surface area contributed by atoms with Crippen molar-refractivity contribution in [1.29, 1.82) is 0 Å². The minimum Gasteiger partial charge on any atom is -0.211 e. The van der Waals surface area contributed by atoms with Gasteiger partial charge in [0, 0.05) is 16.4 Å². The molecule has 2 aromatic rings. The number of hydrogen-bond acceptors (Lipinski definition) is 3. The first kappa shape index (κ1) is 14.8. The van der Waals surface area contributed by atoms with Gasteiger partial charge in [0.05, 0.1) is 5.02 Å². The Labute approximate surface area is 126 Å². The number of thiophene rings is 1. The molecule has 0 aliphatic rings. The van der Waals surface area contributed by atoms with Gasteiger partial charge in [-0.15, -0.1) is 11.3 Å². The maximum Gasteiger partial charge on any atom is 0.242 e. The van der Waals surface area contributed by atoms with Crippen LogP contribution in [0.1, 0.15) is 4.88 Å². The number of hydrogen-bond donors (Lipinski definition) is 1. The quantitative estimate of drug-likeness (QED) is 0.907. The zero-order chi connectivity index (χ0) is 13.9. The third-order valence-corrected chi connectivity index (χ3v) is 5.54. The highest BCUT2D eigenvalue weighted by molar-refractivity contribution is 7.89. The lowest BCUT2D eigenvalue weighted by atomic mass is 10.3. The summed E-state index contributed by atoms with van der Waals surface area (Å²) in [6, 6.07) is 8.26. The van der Waals surface area contributed by atoms with Gasteiger partial charge < -0.3 is 0 Å². The molecule has 0 spiro atoms. The predicted octanol–water partition coefficient (Wildman–Crippen LogP) is 3.58. The summed E-state index contributed by atoms with van der Waals surface area (Å²) in [7, 11) is -3.63. The molecular formula is C12H11Cl2NO2S2. The van der Waals surface area contributed by atoms with Crippen molar-refractivity contribution in [1.82, 2.24) is 4.72 Å². The Hall–Kier alpha value is -0.590. The van der Waals surface area contributed by atoms with E-state index < -0.39 is 10.0 Å². The van der Waals surface area contributed by atoms with E-state index in [1.54, 1.807) is 17.4 Å². The fraction of sp³-hybridized carbons (Fsp3) is 0.167. The van der Waals surface area contributed by atoms with E-state index in [0.29, 0.717) is 18.0 Å². The molecule has 2 rings (SSSR count). The van der Waals surface area contributed by atoms with Crippen LogP contribution in [0.3, 0.4) is 0 Å². The van der Waals surface area contributed by atoms with Crippen LogP contribution in [0, 0.1) is 0 Å². The third-order valence-electron chi connectivity index (χ3n) is 2.43. The average molecular weight is 336 g/mol. The van der Waals surface area contributed by atoms with Crippen LogP contribution in [0.15, 0.2) is 40.6 Å². The van der Waals surface area contributed by atoms with Crippen LogP contribution in [0.2, 0.25) is 10.0 Å². The van der Waals surface area contributed by atoms with Gasteiger partial charge in [-0.2, -0.15) is 0 Å². The molecule has 19 heavy (non-hydrogen) atoms. The van der Waals surface area contributed by atoms with Gasteiger partial charge in [0.1, 0.15) is 4.90 Å². The van der Waals surface area contributed by atoms with Gasteiger partial charge in [-0.25, -0.2) is 13.1 Å². The van der Waals surface area contributed by atoms with E-state index >= 15 is 0 Å². The van der Waals surface area contributed by atoms with Crippen LogP contribution in [0.5, 0.6) is 0 Å². The number of benzene rings is 1. The van der Waals surface area contributed by atoms with Crippen molar-refractivity contribution in [3.8, 4) is 0 Å².